The van der Waals surface area contributed by atoms with E-state index in [1.165, 1.54) is 0 Å². The lowest BCUT2D eigenvalue weighted by molar-refractivity contribution is -0.128. The molecule has 0 aromatic heterocycles. The van der Waals surface area contributed by atoms with Gasteiger partial charge in [-0.1, -0.05) is 27.2 Å². The Kier molecular flexibility index (Phi) is 4.41. The highest BCUT2D eigenvalue weighted by atomic mass is 16.2. The molecule has 1 aliphatic carbocycles. The fraction of sp³-hybridized carbons (Fsp3) is 0.786. The SMILES string of the molecule is C#CCC(CC)NC(=O)C1CCCC1(C)C. The summed E-state index contributed by atoms with van der Waals surface area (Å²) in [5.41, 5.74) is 0.151. The topological polar surface area (TPSA) is 29.1 Å². The van der Waals surface area contributed by atoms with Crippen molar-refractivity contribution in [2.45, 2.75) is 58.9 Å². The van der Waals surface area contributed by atoms with Crippen molar-refractivity contribution in [3.63, 3.8) is 0 Å². The van der Waals surface area contributed by atoms with E-state index in [9.17, 15) is 4.79 Å². The van der Waals surface area contributed by atoms with Gasteiger partial charge < -0.3 is 5.32 Å². The second kappa shape index (κ2) is 5.39. The van der Waals surface area contributed by atoms with Gasteiger partial charge in [0.2, 0.25) is 5.91 Å². The molecule has 0 radical (unpaired) electrons. The lowest BCUT2D eigenvalue weighted by atomic mass is 9.81. The number of amides is 1. The van der Waals surface area contributed by atoms with E-state index in [1.54, 1.807) is 0 Å². The van der Waals surface area contributed by atoms with Crippen LogP contribution in [0.1, 0.15) is 52.9 Å². The third-order valence-corrected chi connectivity index (χ3v) is 3.78. The van der Waals surface area contributed by atoms with E-state index in [-0.39, 0.29) is 23.3 Å². The summed E-state index contributed by atoms with van der Waals surface area (Å²) in [6.07, 6.45) is 10.2. The van der Waals surface area contributed by atoms with E-state index in [1.807, 2.05) is 0 Å². The molecule has 2 atom stereocenters. The highest BCUT2D eigenvalue weighted by Crippen LogP contribution is 2.42. The lowest BCUT2D eigenvalue weighted by Crippen LogP contribution is -2.41. The zero-order chi connectivity index (χ0) is 12.2. The zero-order valence-corrected chi connectivity index (χ0v) is 10.7. The fourth-order valence-corrected chi connectivity index (χ4v) is 2.55. The van der Waals surface area contributed by atoms with Crippen LogP contribution in [0.3, 0.4) is 0 Å². The van der Waals surface area contributed by atoms with Crippen LogP contribution in [0, 0.1) is 23.7 Å². The maximum Gasteiger partial charge on any atom is 0.223 e. The largest absolute Gasteiger partial charge is 0.352 e. The summed E-state index contributed by atoms with van der Waals surface area (Å²) in [4.78, 5) is 12.1. The molecule has 0 heterocycles. The molecular weight excluding hydrogens is 198 g/mol. The molecule has 16 heavy (non-hydrogen) atoms. The summed E-state index contributed by atoms with van der Waals surface area (Å²) < 4.78 is 0. The van der Waals surface area contributed by atoms with Gasteiger partial charge in [-0.25, -0.2) is 0 Å². The molecule has 0 aliphatic heterocycles. The van der Waals surface area contributed by atoms with Gasteiger partial charge in [-0.05, 0) is 24.7 Å². The standard InChI is InChI=1S/C14H23NO/c1-5-8-11(6-2)15-13(16)12-9-7-10-14(12,3)4/h1,11-12H,6-10H2,2-4H3,(H,15,16). The highest BCUT2D eigenvalue weighted by Gasteiger charge is 2.39. The molecule has 1 aliphatic rings. The Balaban J connectivity index is 2.55. The van der Waals surface area contributed by atoms with Gasteiger partial charge in [0.05, 0.1) is 0 Å². The van der Waals surface area contributed by atoms with Gasteiger partial charge in [0.15, 0.2) is 0 Å². The van der Waals surface area contributed by atoms with Gasteiger partial charge in [0.25, 0.3) is 0 Å². The van der Waals surface area contributed by atoms with Gasteiger partial charge in [0, 0.05) is 18.4 Å². The summed E-state index contributed by atoms with van der Waals surface area (Å²) in [5, 5.41) is 3.08. The first kappa shape index (κ1) is 13.1. The Morgan fingerprint density at radius 3 is 2.75 bits per heavy atom. The maximum absolute atomic E-state index is 12.1. The summed E-state index contributed by atoms with van der Waals surface area (Å²) >= 11 is 0. The van der Waals surface area contributed by atoms with Crippen molar-refractivity contribution in [3.8, 4) is 12.3 Å². The van der Waals surface area contributed by atoms with E-state index in [4.69, 9.17) is 6.42 Å². The van der Waals surface area contributed by atoms with Gasteiger partial charge in [-0.2, -0.15) is 0 Å². The van der Waals surface area contributed by atoms with Crippen molar-refractivity contribution in [2.24, 2.45) is 11.3 Å². The third kappa shape index (κ3) is 3.01. The number of hydrogen-bond donors (Lipinski definition) is 1. The molecule has 2 nitrogen and oxygen atoms in total. The Bertz CT molecular complexity index is 288. The van der Waals surface area contributed by atoms with Gasteiger partial charge >= 0.3 is 0 Å². The molecular formula is C14H23NO. The molecule has 0 bridgehead atoms. The molecule has 0 spiro atoms. The number of rotatable bonds is 4. The van der Waals surface area contributed by atoms with E-state index in [0.717, 1.165) is 25.7 Å². The monoisotopic (exact) mass is 221 g/mol. The second-order valence-corrected chi connectivity index (χ2v) is 5.46. The molecule has 2 heteroatoms. The molecule has 2 unspecified atom stereocenters. The average Bonchev–Trinajstić information content (AvgIpc) is 2.57. The summed E-state index contributed by atoms with van der Waals surface area (Å²) in [6.45, 7) is 6.43. The number of carbonyl (C=O) groups excluding carboxylic acids is 1. The first-order valence-electron chi connectivity index (χ1n) is 6.25. The van der Waals surface area contributed by atoms with E-state index in [2.05, 4.69) is 32.0 Å². The average molecular weight is 221 g/mol. The van der Waals surface area contributed by atoms with Crippen molar-refractivity contribution < 1.29 is 4.79 Å². The predicted octanol–water partition coefficient (Wildman–Crippen LogP) is 2.73. The molecule has 0 aromatic carbocycles. The molecule has 0 saturated heterocycles. The summed E-state index contributed by atoms with van der Waals surface area (Å²) in [7, 11) is 0. The van der Waals surface area contributed by atoms with Gasteiger partial charge in [-0.15, -0.1) is 12.3 Å². The van der Waals surface area contributed by atoms with Crippen molar-refractivity contribution in [3.05, 3.63) is 0 Å². The van der Waals surface area contributed by atoms with Crippen molar-refractivity contribution in [2.75, 3.05) is 0 Å². The fourth-order valence-electron chi connectivity index (χ4n) is 2.55. The van der Waals surface area contributed by atoms with Crippen molar-refractivity contribution in [1.82, 2.24) is 5.32 Å². The molecule has 1 saturated carbocycles. The van der Waals surface area contributed by atoms with Crippen LogP contribution in [0.5, 0.6) is 0 Å². The minimum atomic E-state index is 0.147. The van der Waals surface area contributed by atoms with E-state index in [0.29, 0.717) is 6.42 Å². The van der Waals surface area contributed by atoms with E-state index >= 15 is 0 Å². The molecule has 1 N–H and O–H groups in total. The summed E-state index contributed by atoms with van der Waals surface area (Å²) in [5.74, 6) is 2.99. The molecule has 90 valence electrons. The van der Waals surface area contributed by atoms with Gasteiger partial charge in [0.1, 0.15) is 0 Å². The van der Waals surface area contributed by atoms with Crippen LogP contribution in [0.2, 0.25) is 0 Å². The van der Waals surface area contributed by atoms with Gasteiger partial charge in [-0.3, -0.25) is 4.79 Å². The first-order chi connectivity index (χ1) is 7.51. The molecule has 0 aromatic rings. The summed E-state index contributed by atoms with van der Waals surface area (Å²) in [6, 6.07) is 0.147. The van der Waals surface area contributed by atoms with Crippen molar-refractivity contribution in [1.29, 1.82) is 0 Å². The Morgan fingerprint density at radius 1 is 1.62 bits per heavy atom. The van der Waals surface area contributed by atoms with Crippen LogP contribution >= 0.6 is 0 Å². The number of hydrogen-bond acceptors (Lipinski definition) is 1. The highest BCUT2D eigenvalue weighted by molar-refractivity contribution is 5.80. The van der Waals surface area contributed by atoms with Crippen LogP contribution in [0.25, 0.3) is 0 Å². The number of nitrogens with one attached hydrogen (secondary N) is 1. The lowest BCUT2D eigenvalue weighted by Gasteiger charge is -2.27. The Hall–Kier alpha value is -0.970. The molecule has 1 fully saturated rings. The molecule has 1 amide bonds. The Labute approximate surface area is 99.2 Å². The zero-order valence-electron chi connectivity index (χ0n) is 10.7. The predicted molar refractivity (Wildman–Crippen MR) is 66.8 cm³/mol. The normalized spacial score (nSPS) is 24.8. The van der Waals surface area contributed by atoms with Crippen LogP contribution in [0.4, 0.5) is 0 Å². The van der Waals surface area contributed by atoms with Crippen LogP contribution in [-0.4, -0.2) is 11.9 Å². The van der Waals surface area contributed by atoms with Crippen LogP contribution < -0.4 is 5.32 Å². The number of terminal acetylenes is 1. The maximum atomic E-state index is 12.1. The first-order valence-corrected chi connectivity index (χ1v) is 6.25. The number of carbonyl (C=O) groups is 1. The van der Waals surface area contributed by atoms with Crippen molar-refractivity contribution >= 4 is 5.91 Å². The second-order valence-electron chi connectivity index (χ2n) is 5.46. The minimum Gasteiger partial charge on any atom is -0.352 e. The molecule has 1 rings (SSSR count). The third-order valence-electron chi connectivity index (χ3n) is 3.78. The van der Waals surface area contributed by atoms with Crippen LogP contribution in [-0.2, 0) is 4.79 Å². The Morgan fingerprint density at radius 2 is 2.31 bits per heavy atom. The quantitative estimate of drug-likeness (QED) is 0.727. The smallest absolute Gasteiger partial charge is 0.223 e. The minimum absolute atomic E-state index is 0.147. The van der Waals surface area contributed by atoms with E-state index < -0.39 is 0 Å². The van der Waals surface area contributed by atoms with Crippen LogP contribution in [0.15, 0.2) is 0 Å².